The van der Waals surface area contributed by atoms with Gasteiger partial charge in [0.2, 0.25) is 0 Å². The summed E-state index contributed by atoms with van der Waals surface area (Å²) in [6.07, 6.45) is 3.15. The molecule has 1 heterocycles. The lowest BCUT2D eigenvalue weighted by atomic mass is 10.1. The van der Waals surface area contributed by atoms with E-state index in [9.17, 15) is 9.59 Å². The van der Waals surface area contributed by atoms with Gasteiger partial charge in [0.25, 0.3) is 5.91 Å². The van der Waals surface area contributed by atoms with Crippen molar-refractivity contribution in [1.82, 2.24) is 5.32 Å². The molecule has 1 aliphatic heterocycles. The molecular weight excluding hydrogens is 314 g/mol. The molecule has 0 unspecified atom stereocenters. The van der Waals surface area contributed by atoms with Crippen LogP contribution in [0.15, 0.2) is 18.2 Å². The number of benzene rings is 1. The van der Waals surface area contributed by atoms with Crippen LogP contribution in [0.2, 0.25) is 0 Å². The zero-order valence-corrected chi connectivity index (χ0v) is 13.7. The molecule has 132 valence electrons. The standard InChI is InChI=1S/C17H23NO6/c1-2-22-15-10-12(5-6-14(15)24-11-16(19)20)17(21)18-8-7-13-4-3-9-23-13/h5-6,10,13H,2-4,7-9,11H2,1H3,(H,18,21)(H,19,20)/t13-/m0/s1. The summed E-state index contributed by atoms with van der Waals surface area (Å²) in [7, 11) is 0. The van der Waals surface area contributed by atoms with Crippen molar-refractivity contribution >= 4 is 11.9 Å². The van der Waals surface area contributed by atoms with Gasteiger partial charge in [-0.25, -0.2) is 4.79 Å². The molecule has 0 radical (unpaired) electrons. The first-order valence-corrected chi connectivity index (χ1v) is 8.11. The molecule has 1 atom stereocenters. The normalized spacial score (nSPS) is 16.6. The maximum absolute atomic E-state index is 12.2. The average molecular weight is 337 g/mol. The summed E-state index contributed by atoms with van der Waals surface area (Å²) in [5.41, 5.74) is 0.438. The predicted octanol–water partition coefficient (Wildman–Crippen LogP) is 1.85. The quantitative estimate of drug-likeness (QED) is 0.714. The SMILES string of the molecule is CCOc1cc(C(=O)NCC[C@@H]2CCCO2)ccc1OCC(=O)O. The van der Waals surface area contributed by atoms with Crippen molar-refractivity contribution in [3.63, 3.8) is 0 Å². The van der Waals surface area contributed by atoms with Gasteiger partial charge in [-0.15, -0.1) is 0 Å². The Morgan fingerprint density at radius 2 is 2.17 bits per heavy atom. The number of hydrogen-bond acceptors (Lipinski definition) is 5. The Hall–Kier alpha value is -2.28. The van der Waals surface area contributed by atoms with Gasteiger partial charge in [0.1, 0.15) is 0 Å². The van der Waals surface area contributed by atoms with Crippen molar-refractivity contribution in [3.8, 4) is 11.5 Å². The summed E-state index contributed by atoms with van der Waals surface area (Å²) < 4.78 is 16.1. The Labute approximate surface area is 140 Å². The molecule has 0 bridgehead atoms. The minimum absolute atomic E-state index is 0.210. The fraction of sp³-hybridized carbons (Fsp3) is 0.529. The van der Waals surface area contributed by atoms with Gasteiger partial charge < -0.3 is 24.6 Å². The van der Waals surface area contributed by atoms with Crippen LogP contribution in [0.4, 0.5) is 0 Å². The molecule has 2 N–H and O–H groups in total. The van der Waals surface area contributed by atoms with Gasteiger partial charge in [-0.3, -0.25) is 4.79 Å². The lowest BCUT2D eigenvalue weighted by molar-refractivity contribution is -0.139. The Kier molecular flexibility index (Phi) is 6.87. The number of aliphatic carboxylic acids is 1. The van der Waals surface area contributed by atoms with Crippen molar-refractivity contribution < 1.29 is 28.9 Å². The zero-order valence-electron chi connectivity index (χ0n) is 13.7. The number of ether oxygens (including phenoxy) is 3. The Morgan fingerprint density at radius 3 is 2.83 bits per heavy atom. The second kappa shape index (κ2) is 9.12. The fourth-order valence-electron chi connectivity index (χ4n) is 2.50. The summed E-state index contributed by atoms with van der Waals surface area (Å²) in [5.74, 6) is -0.632. The number of carbonyl (C=O) groups excluding carboxylic acids is 1. The van der Waals surface area contributed by atoms with Crippen LogP contribution in [-0.4, -0.2) is 49.5 Å². The first-order valence-electron chi connectivity index (χ1n) is 8.11. The van der Waals surface area contributed by atoms with Gasteiger partial charge in [0.05, 0.1) is 12.7 Å². The average Bonchev–Trinajstić information content (AvgIpc) is 3.07. The van der Waals surface area contributed by atoms with E-state index in [0.29, 0.717) is 30.2 Å². The van der Waals surface area contributed by atoms with Crippen LogP contribution in [0.1, 0.15) is 36.5 Å². The molecule has 1 aliphatic rings. The molecule has 0 aromatic heterocycles. The lowest BCUT2D eigenvalue weighted by Gasteiger charge is -2.13. The van der Waals surface area contributed by atoms with Crippen molar-refractivity contribution in [2.45, 2.75) is 32.3 Å². The van der Waals surface area contributed by atoms with Gasteiger partial charge in [-0.05, 0) is 44.4 Å². The minimum atomic E-state index is -1.08. The molecule has 7 nitrogen and oxygen atoms in total. The number of hydrogen-bond donors (Lipinski definition) is 2. The number of carboxylic acid groups (broad SMARTS) is 1. The van der Waals surface area contributed by atoms with E-state index in [2.05, 4.69) is 5.32 Å². The van der Waals surface area contributed by atoms with Gasteiger partial charge in [0, 0.05) is 18.7 Å². The highest BCUT2D eigenvalue weighted by Gasteiger charge is 2.16. The third-order valence-corrected chi connectivity index (χ3v) is 3.63. The van der Waals surface area contributed by atoms with E-state index in [1.165, 1.54) is 0 Å². The fourth-order valence-corrected chi connectivity index (χ4v) is 2.50. The molecule has 0 aliphatic carbocycles. The van der Waals surface area contributed by atoms with Crippen molar-refractivity contribution in [1.29, 1.82) is 0 Å². The number of rotatable bonds is 9. The monoisotopic (exact) mass is 337 g/mol. The number of nitrogens with one attached hydrogen (secondary N) is 1. The number of carboxylic acids is 1. The van der Waals surface area contributed by atoms with E-state index in [4.69, 9.17) is 19.3 Å². The predicted molar refractivity (Wildman–Crippen MR) is 86.7 cm³/mol. The molecule has 24 heavy (non-hydrogen) atoms. The first-order chi connectivity index (χ1) is 11.6. The van der Waals surface area contributed by atoms with Gasteiger partial charge >= 0.3 is 5.97 Å². The van der Waals surface area contributed by atoms with E-state index in [0.717, 1.165) is 25.9 Å². The Balaban J connectivity index is 1.93. The summed E-state index contributed by atoms with van der Waals surface area (Å²) in [4.78, 5) is 22.8. The van der Waals surface area contributed by atoms with Crippen molar-refractivity contribution in [3.05, 3.63) is 23.8 Å². The molecule has 7 heteroatoms. The molecule has 0 saturated carbocycles. The molecule has 1 fully saturated rings. The van der Waals surface area contributed by atoms with Crippen LogP contribution in [0.25, 0.3) is 0 Å². The van der Waals surface area contributed by atoms with Crippen LogP contribution in [0, 0.1) is 0 Å². The highest BCUT2D eigenvalue weighted by molar-refractivity contribution is 5.94. The summed E-state index contributed by atoms with van der Waals surface area (Å²) in [6.45, 7) is 3.06. The topological polar surface area (TPSA) is 94.1 Å². The summed E-state index contributed by atoms with van der Waals surface area (Å²) in [5, 5.41) is 11.5. The van der Waals surface area contributed by atoms with Crippen molar-refractivity contribution in [2.24, 2.45) is 0 Å². The third kappa shape index (κ3) is 5.42. The number of carbonyl (C=O) groups is 2. The zero-order chi connectivity index (χ0) is 17.4. The van der Waals surface area contributed by atoms with Gasteiger partial charge in [-0.2, -0.15) is 0 Å². The smallest absolute Gasteiger partial charge is 0.341 e. The maximum Gasteiger partial charge on any atom is 0.341 e. The van der Waals surface area contributed by atoms with E-state index < -0.39 is 12.6 Å². The van der Waals surface area contributed by atoms with Gasteiger partial charge in [-0.1, -0.05) is 0 Å². The largest absolute Gasteiger partial charge is 0.490 e. The molecular formula is C17H23NO6. The molecule has 0 spiro atoms. The van der Waals surface area contributed by atoms with Crippen LogP contribution < -0.4 is 14.8 Å². The maximum atomic E-state index is 12.2. The molecule has 2 rings (SSSR count). The highest BCUT2D eigenvalue weighted by atomic mass is 16.5. The van der Waals surface area contributed by atoms with E-state index in [-0.39, 0.29) is 12.0 Å². The van der Waals surface area contributed by atoms with E-state index in [1.807, 2.05) is 0 Å². The minimum Gasteiger partial charge on any atom is -0.490 e. The molecule has 1 saturated heterocycles. The summed E-state index contributed by atoms with van der Waals surface area (Å²) in [6, 6.07) is 4.69. The molecule has 1 amide bonds. The van der Waals surface area contributed by atoms with Crippen molar-refractivity contribution in [2.75, 3.05) is 26.4 Å². The lowest BCUT2D eigenvalue weighted by Crippen LogP contribution is -2.27. The van der Waals surface area contributed by atoms with E-state index >= 15 is 0 Å². The third-order valence-electron chi connectivity index (χ3n) is 3.63. The second-order valence-corrected chi connectivity index (χ2v) is 5.46. The molecule has 1 aromatic rings. The first kappa shape index (κ1) is 18.1. The Bertz CT molecular complexity index is 568. The Morgan fingerprint density at radius 1 is 1.33 bits per heavy atom. The van der Waals surface area contributed by atoms with Crippen LogP contribution in [0.3, 0.4) is 0 Å². The van der Waals surface area contributed by atoms with Crippen LogP contribution in [0.5, 0.6) is 11.5 Å². The molecule has 1 aromatic carbocycles. The van der Waals surface area contributed by atoms with Gasteiger partial charge in [0.15, 0.2) is 18.1 Å². The second-order valence-electron chi connectivity index (χ2n) is 5.46. The van der Waals surface area contributed by atoms with Crippen LogP contribution in [-0.2, 0) is 9.53 Å². The van der Waals surface area contributed by atoms with Crippen LogP contribution >= 0.6 is 0 Å². The highest BCUT2D eigenvalue weighted by Crippen LogP contribution is 2.28. The van der Waals surface area contributed by atoms with E-state index in [1.54, 1.807) is 25.1 Å². The number of amides is 1. The summed E-state index contributed by atoms with van der Waals surface area (Å²) >= 11 is 0.